The molecule has 0 radical (unpaired) electrons. The second-order valence-corrected chi connectivity index (χ2v) is 8.16. The van der Waals surface area contributed by atoms with Gasteiger partial charge in [0.25, 0.3) is 15.9 Å². The molecule has 0 aliphatic heterocycles. The normalized spacial score (nSPS) is 12.0. The van der Waals surface area contributed by atoms with Crippen molar-refractivity contribution in [2.75, 3.05) is 17.8 Å². The number of aryl methyl sites for hydroxylation is 2. The zero-order chi connectivity index (χ0) is 19.3. The number of carbonyl (C=O) groups excluding carboxylic acids is 1. The summed E-state index contributed by atoms with van der Waals surface area (Å²) in [5.74, 6) is -0.0944. The number of hydrogen-bond acceptors (Lipinski definition) is 4. The van der Waals surface area contributed by atoms with E-state index in [-0.39, 0.29) is 29.1 Å². The maximum absolute atomic E-state index is 12.7. The highest BCUT2D eigenvalue weighted by atomic mass is 35.5. The summed E-state index contributed by atoms with van der Waals surface area (Å²) in [4.78, 5) is 12.4. The number of rotatable bonds is 7. The van der Waals surface area contributed by atoms with Gasteiger partial charge >= 0.3 is 0 Å². The Morgan fingerprint density at radius 2 is 1.85 bits per heavy atom. The van der Waals surface area contributed by atoms with E-state index in [0.29, 0.717) is 29.9 Å². The van der Waals surface area contributed by atoms with Crippen LogP contribution in [0.4, 0.5) is 5.69 Å². The Morgan fingerprint density at radius 1 is 1.15 bits per heavy atom. The molecule has 0 spiro atoms. The van der Waals surface area contributed by atoms with Crippen molar-refractivity contribution in [1.82, 2.24) is 5.32 Å². The Balaban J connectivity index is 0.00000364. The van der Waals surface area contributed by atoms with Crippen molar-refractivity contribution in [3.8, 4) is 0 Å². The molecule has 0 aromatic heterocycles. The zero-order valence-corrected chi connectivity index (χ0v) is 17.3. The number of anilines is 1. The third kappa shape index (κ3) is 6.23. The maximum Gasteiger partial charge on any atom is 0.262 e. The molecular weight excluding hydrogens is 386 g/mol. The number of nitrogens with two attached hydrogens (primary N) is 1. The van der Waals surface area contributed by atoms with Gasteiger partial charge in [-0.2, -0.15) is 0 Å². The highest BCUT2D eigenvalue weighted by Gasteiger charge is 2.18. The number of hydrogen-bond donors (Lipinski definition) is 3. The lowest BCUT2D eigenvalue weighted by atomic mass is 10.1. The van der Waals surface area contributed by atoms with E-state index < -0.39 is 10.0 Å². The highest BCUT2D eigenvalue weighted by Crippen LogP contribution is 2.21. The molecule has 1 atom stereocenters. The van der Waals surface area contributed by atoms with Crippen molar-refractivity contribution in [2.24, 2.45) is 11.7 Å². The molecule has 0 aliphatic carbocycles. The molecule has 27 heavy (non-hydrogen) atoms. The highest BCUT2D eigenvalue weighted by molar-refractivity contribution is 7.92. The number of halogens is 1. The summed E-state index contributed by atoms with van der Waals surface area (Å²) in [6.45, 7) is 6.47. The van der Waals surface area contributed by atoms with E-state index in [4.69, 9.17) is 5.73 Å². The van der Waals surface area contributed by atoms with Gasteiger partial charge in [0.05, 0.1) is 4.90 Å². The quantitative estimate of drug-likeness (QED) is 0.651. The number of nitrogens with one attached hydrogen (secondary N) is 2. The van der Waals surface area contributed by atoms with Crippen LogP contribution in [-0.2, 0) is 10.0 Å². The Kier molecular flexibility index (Phi) is 8.27. The minimum Gasteiger partial charge on any atom is -0.352 e. The fourth-order valence-corrected chi connectivity index (χ4v) is 3.76. The fourth-order valence-electron chi connectivity index (χ4n) is 2.38. The van der Waals surface area contributed by atoms with Crippen LogP contribution in [0.25, 0.3) is 0 Å². The van der Waals surface area contributed by atoms with E-state index in [9.17, 15) is 13.2 Å². The van der Waals surface area contributed by atoms with Gasteiger partial charge in [0.2, 0.25) is 0 Å². The monoisotopic (exact) mass is 411 g/mol. The Morgan fingerprint density at radius 3 is 2.52 bits per heavy atom. The number of carbonyl (C=O) groups is 1. The lowest BCUT2D eigenvalue weighted by molar-refractivity contribution is 0.0948. The maximum atomic E-state index is 12.7. The molecule has 2 aromatic rings. The Hall–Kier alpha value is -2.09. The van der Waals surface area contributed by atoms with Crippen molar-refractivity contribution >= 4 is 34.0 Å². The van der Waals surface area contributed by atoms with Crippen LogP contribution < -0.4 is 15.8 Å². The van der Waals surface area contributed by atoms with Gasteiger partial charge in [0.1, 0.15) is 0 Å². The van der Waals surface area contributed by atoms with E-state index >= 15 is 0 Å². The smallest absolute Gasteiger partial charge is 0.262 e. The van der Waals surface area contributed by atoms with Crippen molar-refractivity contribution in [3.05, 3.63) is 59.2 Å². The number of amides is 1. The first-order valence-electron chi connectivity index (χ1n) is 8.41. The van der Waals surface area contributed by atoms with Crippen LogP contribution in [0.5, 0.6) is 0 Å². The third-order valence-corrected chi connectivity index (χ3v) is 5.55. The molecule has 1 unspecified atom stereocenters. The van der Waals surface area contributed by atoms with Gasteiger partial charge in [-0.05, 0) is 61.7 Å². The molecular formula is C19H26ClN3O3S. The first-order valence-corrected chi connectivity index (χ1v) is 9.89. The van der Waals surface area contributed by atoms with Gasteiger partial charge in [0, 0.05) is 17.8 Å². The third-order valence-electron chi connectivity index (χ3n) is 4.02. The Labute approximate surface area is 167 Å². The summed E-state index contributed by atoms with van der Waals surface area (Å²) >= 11 is 0. The van der Waals surface area contributed by atoms with Crippen molar-refractivity contribution in [3.63, 3.8) is 0 Å². The second-order valence-electron chi connectivity index (χ2n) is 6.51. The predicted molar refractivity (Wildman–Crippen MR) is 111 cm³/mol. The molecule has 0 saturated heterocycles. The minimum absolute atomic E-state index is 0. The number of benzene rings is 2. The van der Waals surface area contributed by atoms with Crippen molar-refractivity contribution < 1.29 is 13.2 Å². The molecule has 1 amide bonds. The summed E-state index contributed by atoms with van der Waals surface area (Å²) in [7, 11) is -3.74. The van der Waals surface area contributed by atoms with Gasteiger partial charge < -0.3 is 11.1 Å². The lowest BCUT2D eigenvalue weighted by Gasteiger charge is -2.13. The molecule has 8 heteroatoms. The van der Waals surface area contributed by atoms with Crippen molar-refractivity contribution in [1.29, 1.82) is 0 Å². The SMILES string of the molecule is Cc1ccc(C)c(S(=O)(=O)Nc2cccc(C(=O)NCC(C)CN)c2)c1.Cl. The molecule has 0 fully saturated rings. The van der Waals surface area contributed by atoms with Gasteiger partial charge in [-0.25, -0.2) is 8.42 Å². The van der Waals surface area contributed by atoms with E-state index in [1.807, 2.05) is 19.9 Å². The zero-order valence-electron chi connectivity index (χ0n) is 15.7. The first-order chi connectivity index (χ1) is 12.2. The van der Waals surface area contributed by atoms with Crippen molar-refractivity contribution in [2.45, 2.75) is 25.7 Å². The molecule has 6 nitrogen and oxygen atoms in total. The molecule has 4 N–H and O–H groups in total. The topological polar surface area (TPSA) is 101 Å². The predicted octanol–water partition coefficient (Wildman–Crippen LogP) is 2.85. The fraction of sp³-hybridized carbons (Fsp3) is 0.316. The van der Waals surface area contributed by atoms with Crippen LogP contribution in [0.2, 0.25) is 0 Å². The van der Waals surface area contributed by atoms with Crippen LogP contribution in [0.15, 0.2) is 47.4 Å². The lowest BCUT2D eigenvalue weighted by Crippen LogP contribution is -2.31. The largest absolute Gasteiger partial charge is 0.352 e. The average molecular weight is 412 g/mol. The van der Waals surface area contributed by atoms with E-state index in [0.717, 1.165) is 5.56 Å². The van der Waals surface area contributed by atoms with Crippen LogP contribution in [-0.4, -0.2) is 27.4 Å². The molecule has 0 aliphatic rings. The average Bonchev–Trinajstić information content (AvgIpc) is 2.61. The summed E-state index contributed by atoms with van der Waals surface area (Å²) in [5, 5.41) is 2.79. The van der Waals surface area contributed by atoms with Gasteiger partial charge in [-0.15, -0.1) is 12.4 Å². The van der Waals surface area contributed by atoms with Crippen LogP contribution in [0.1, 0.15) is 28.4 Å². The first kappa shape index (κ1) is 23.0. The van der Waals surface area contributed by atoms with E-state index in [1.54, 1.807) is 37.3 Å². The second kappa shape index (κ2) is 9.73. The summed E-state index contributed by atoms with van der Waals surface area (Å²) < 4.78 is 27.9. The van der Waals surface area contributed by atoms with Crippen LogP contribution in [0.3, 0.4) is 0 Å². The van der Waals surface area contributed by atoms with Crippen LogP contribution >= 0.6 is 12.4 Å². The molecule has 0 saturated carbocycles. The van der Waals surface area contributed by atoms with Gasteiger partial charge in [-0.3, -0.25) is 9.52 Å². The van der Waals surface area contributed by atoms with Gasteiger partial charge in [0.15, 0.2) is 0 Å². The standard InChI is InChI=1S/C19H25N3O3S.ClH/c1-13-7-8-15(3)18(9-13)26(24,25)22-17-6-4-5-16(10-17)19(23)21-12-14(2)11-20;/h4-10,14,22H,11-12,20H2,1-3H3,(H,21,23);1H. The minimum atomic E-state index is -3.74. The Bertz CT molecular complexity index is 901. The molecule has 2 aromatic carbocycles. The number of sulfonamides is 1. The van der Waals surface area contributed by atoms with E-state index in [2.05, 4.69) is 10.0 Å². The molecule has 2 rings (SSSR count). The van der Waals surface area contributed by atoms with Gasteiger partial charge in [-0.1, -0.05) is 25.1 Å². The summed E-state index contributed by atoms with van der Waals surface area (Å²) in [5.41, 5.74) is 7.78. The summed E-state index contributed by atoms with van der Waals surface area (Å²) in [6, 6.07) is 11.7. The molecule has 0 bridgehead atoms. The molecule has 148 valence electrons. The molecule has 0 heterocycles. The summed E-state index contributed by atoms with van der Waals surface area (Å²) in [6.07, 6.45) is 0. The van der Waals surface area contributed by atoms with E-state index in [1.165, 1.54) is 6.07 Å². The van der Waals surface area contributed by atoms with Crippen LogP contribution in [0, 0.1) is 19.8 Å².